The van der Waals surface area contributed by atoms with E-state index in [1.807, 2.05) is 18.2 Å². The van der Waals surface area contributed by atoms with Gasteiger partial charge in [-0.1, -0.05) is 35.4 Å². The van der Waals surface area contributed by atoms with E-state index < -0.39 is 0 Å². The van der Waals surface area contributed by atoms with E-state index in [2.05, 4.69) is 53.3 Å². The summed E-state index contributed by atoms with van der Waals surface area (Å²) in [6, 6.07) is 12.3. The second kappa shape index (κ2) is 6.61. The van der Waals surface area contributed by atoms with Crippen LogP contribution in [0.3, 0.4) is 0 Å². The zero-order valence-electron chi connectivity index (χ0n) is 11.6. The van der Waals surface area contributed by atoms with Crippen molar-refractivity contribution in [3.63, 3.8) is 0 Å². The highest BCUT2D eigenvalue weighted by molar-refractivity contribution is 9.10. The Hall–Kier alpha value is -1.03. The average Bonchev–Trinajstić information content (AvgIpc) is 2.43. The molecule has 0 radical (unpaired) electrons. The van der Waals surface area contributed by atoms with Crippen LogP contribution in [0, 0.1) is 13.8 Å². The summed E-state index contributed by atoms with van der Waals surface area (Å²) in [5, 5.41) is 4.17. The fourth-order valence-electron chi connectivity index (χ4n) is 2.19. The maximum absolute atomic E-state index is 6.01. The minimum Gasteiger partial charge on any atom is -0.377 e. The summed E-state index contributed by atoms with van der Waals surface area (Å²) in [4.78, 5) is 0. The van der Waals surface area contributed by atoms with Gasteiger partial charge in [-0.3, -0.25) is 0 Å². The molecule has 0 aliphatic heterocycles. The summed E-state index contributed by atoms with van der Waals surface area (Å²) >= 11 is 9.45. The molecule has 0 heterocycles. The Morgan fingerprint density at radius 3 is 2.60 bits per heavy atom. The average molecular weight is 354 g/mol. The van der Waals surface area contributed by atoms with Gasteiger partial charge < -0.3 is 11.1 Å². The normalized spacial score (nSPS) is 12.2. The summed E-state index contributed by atoms with van der Waals surface area (Å²) in [5.41, 5.74) is 10.7. The van der Waals surface area contributed by atoms with E-state index in [-0.39, 0.29) is 6.04 Å². The van der Waals surface area contributed by atoms with Crippen LogP contribution in [0.5, 0.6) is 0 Å². The van der Waals surface area contributed by atoms with Crippen molar-refractivity contribution in [1.29, 1.82) is 0 Å². The van der Waals surface area contributed by atoms with Crippen molar-refractivity contribution >= 4 is 33.2 Å². The Kier molecular flexibility index (Phi) is 5.08. The van der Waals surface area contributed by atoms with E-state index in [4.69, 9.17) is 17.3 Å². The maximum atomic E-state index is 6.01. The van der Waals surface area contributed by atoms with Crippen molar-refractivity contribution in [2.75, 3.05) is 11.9 Å². The lowest BCUT2D eigenvalue weighted by molar-refractivity contribution is 0.782. The number of aryl methyl sites for hydroxylation is 2. The van der Waals surface area contributed by atoms with Gasteiger partial charge >= 0.3 is 0 Å². The lowest BCUT2D eigenvalue weighted by Gasteiger charge is -2.21. The first kappa shape index (κ1) is 15.4. The largest absolute Gasteiger partial charge is 0.377 e. The highest BCUT2D eigenvalue weighted by Crippen LogP contribution is 2.28. The monoisotopic (exact) mass is 352 g/mol. The summed E-state index contributed by atoms with van der Waals surface area (Å²) < 4.78 is 0.876. The van der Waals surface area contributed by atoms with Gasteiger partial charge in [-0.25, -0.2) is 0 Å². The number of benzene rings is 2. The molecule has 2 aromatic rings. The quantitative estimate of drug-likeness (QED) is 0.826. The molecule has 0 bridgehead atoms. The molecule has 0 aromatic heterocycles. The molecule has 1 atom stereocenters. The smallest absolute Gasteiger partial charge is 0.0638 e. The van der Waals surface area contributed by atoms with E-state index in [1.54, 1.807) is 0 Å². The van der Waals surface area contributed by atoms with Gasteiger partial charge in [0.15, 0.2) is 0 Å². The van der Waals surface area contributed by atoms with Crippen molar-refractivity contribution in [3.8, 4) is 0 Å². The second-order valence-electron chi connectivity index (χ2n) is 4.92. The number of nitrogens with one attached hydrogen (secondary N) is 1. The number of anilines is 1. The molecule has 1 unspecified atom stereocenters. The van der Waals surface area contributed by atoms with Crippen LogP contribution >= 0.6 is 27.5 Å². The lowest BCUT2D eigenvalue weighted by Crippen LogP contribution is -2.21. The molecule has 0 amide bonds. The molecule has 106 valence electrons. The third-order valence-corrected chi connectivity index (χ3v) is 4.52. The van der Waals surface area contributed by atoms with Crippen LogP contribution in [0.1, 0.15) is 22.7 Å². The van der Waals surface area contributed by atoms with Gasteiger partial charge in [0.25, 0.3) is 0 Å². The lowest BCUT2D eigenvalue weighted by atomic mass is 9.98. The van der Waals surface area contributed by atoms with E-state index in [0.717, 1.165) is 10.2 Å². The van der Waals surface area contributed by atoms with Gasteiger partial charge in [-0.2, -0.15) is 0 Å². The molecule has 4 heteroatoms. The fraction of sp³-hybridized carbons (Fsp3) is 0.250. The molecule has 0 aliphatic rings. The maximum Gasteiger partial charge on any atom is 0.0638 e. The molecule has 2 aromatic carbocycles. The van der Waals surface area contributed by atoms with Gasteiger partial charge in [0, 0.05) is 16.7 Å². The van der Waals surface area contributed by atoms with Crippen molar-refractivity contribution < 1.29 is 0 Å². The number of hydrogen-bond donors (Lipinski definition) is 2. The summed E-state index contributed by atoms with van der Waals surface area (Å²) in [7, 11) is 0. The number of hydrogen-bond acceptors (Lipinski definition) is 2. The molecule has 0 saturated carbocycles. The van der Waals surface area contributed by atoms with E-state index in [9.17, 15) is 0 Å². The van der Waals surface area contributed by atoms with Gasteiger partial charge in [0.2, 0.25) is 0 Å². The minimum atomic E-state index is 0.0861. The molecule has 0 saturated heterocycles. The Bertz CT molecular complexity index is 613. The molecule has 0 fully saturated rings. The Balaban J connectivity index is 2.28. The van der Waals surface area contributed by atoms with Gasteiger partial charge in [0.05, 0.1) is 11.1 Å². The Morgan fingerprint density at radius 2 is 1.95 bits per heavy atom. The van der Waals surface area contributed by atoms with Crippen LogP contribution in [-0.2, 0) is 0 Å². The standard InChI is InChI=1S/C16H18BrClN2/c1-10-3-4-11(2)13(7-10)16(9-19)20-12-5-6-15(18)14(17)8-12/h3-8,16,20H,9,19H2,1-2H3. The third kappa shape index (κ3) is 3.54. The first-order valence-corrected chi connectivity index (χ1v) is 7.67. The highest BCUT2D eigenvalue weighted by Gasteiger charge is 2.12. The minimum absolute atomic E-state index is 0.0861. The zero-order chi connectivity index (χ0) is 14.7. The van der Waals surface area contributed by atoms with E-state index in [1.165, 1.54) is 16.7 Å². The molecular weight excluding hydrogens is 336 g/mol. The Morgan fingerprint density at radius 1 is 1.20 bits per heavy atom. The molecule has 2 rings (SSSR count). The summed E-state index contributed by atoms with van der Waals surface area (Å²) in [5.74, 6) is 0. The fourth-order valence-corrected chi connectivity index (χ4v) is 2.68. The summed E-state index contributed by atoms with van der Waals surface area (Å²) in [6.07, 6.45) is 0. The number of rotatable bonds is 4. The molecule has 20 heavy (non-hydrogen) atoms. The second-order valence-corrected chi connectivity index (χ2v) is 6.18. The van der Waals surface area contributed by atoms with E-state index >= 15 is 0 Å². The molecule has 3 N–H and O–H groups in total. The van der Waals surface area contributed by atoms with Gasteiger partial charge in [-0.15, -0.1) is 0 Å². The highest BCUT2D eigenvalue weighted by atomic mass is 79.9. The van der Waals surface area contributed by atoms with Crippen LogP contribution < -0.4 is 11.1 Å². The zero-order valence-corrected chi connectivity index (χ0v) is 13.9. The van der Waals surface area contributed by atoms with Crippen LogP contribution in [-0.4, -0.2) is 6.54 Å². The summed E-state index contributed by atoms with van der Waals surface area (Å²) in [6.45, 7) is 4.73. The SMILES string of the molecule is Cc1ccc(C)c(C(CN)Nc2ccc(Cl)c(Br)c2)c1. The van der Waals surface area contributed by atoms with Crippen molar-refractivity contribution in [2.45, 2.75) is 19.9 Å². The topological polar surface area (TPSA) is 38.0 Å². The van der Waals surface area contributed by atoms with Crippen LogP contribution in [0.2, 0.25) is 5.02 Å². The number of halogens is 2. The molecule has 0 spiro atoms. The van der Waals surface area contributed by atoms with Gasteiger partial charge in [0.1, 0.15) is 0 Å². The predicted octanol–water partition coefficient (Wildman–Crippen LogP) is 4.83. The van der Waals surface area contributed by atoms with Crippen LogP contribution in [0.4, 0.5) is 5.69 Å². The molecular formula is C16H18BrClN2. The first-order valence-electron chi connectivity index (χ1n) is 6.50. The van der Waals surface area contributed by atoms with Crippen molar-refractivity contribution in [1.82, 2.24) is 0 Å². The van der Waals surface area contributed by atoms with Gasteiger partial charge in [-0.05, 0) is 59.1 Å². The third-order valence-electron chi connectivity index (χ3n) is 3.31. The predicted molar refractivity (Wildman–Crippen MR) is 90.5 cm³/mol. The molecule has 0 aliphatic carbocycles. The Labute approximate surface area is 133 Å². The van der Waals surface area contributed by atoms with Crippen molar-refractivity contribution in [3.05, 3.63) is 62.6 Å². The van der Waals surface area contributed by atoms with Crippen LogP contribution in [0.25, 0.3) is 0 Å². The van der Waals surface area contributed by atoms with Crippen molar-refractivity contribution in [2.24, 2.45) is 5.73 Å². The van der Waals surface area contributed by atoms with Crippen LogP contribution in [0.15, 0.2) is 40.9 Å². The number of nitrogens with two attached hydrogens (primary N) is 1. The van der Waals surface area contributed by atoms with E-state index in [0.29, 0.717) is 11.6 Å². The first-order chi connectivity index (χ1) is 9.51. The molecule has 2 nitrogen and oxygen atoms in total.